The lowest BCUT2D eigenvalue weighted by Crippen LogP contribution is -2.26. The van der Waals surface area contributed by atoms with Gasteiger partial charge in [0.1, 0.15) is 5.69 Å². The monoisotopic (exact) mass is 368 g/mol. The molecule has 0 saturated heterocycles. The number of aromatic nitrogens is 3. The minimum atomic E-state index is -0.0788. The average Bonchev–Trinajstić information content (AvgIpc) is 3.20. The third kappa shape index (κ3) is 3.69. The zero-order valence-electron chi connectivity index (χ0n) is 15.6. The largest absolute Gasteiger partial charge is 0.337 e. The van der Waals surface area contributed by atoms with Crippen LogP contribution in [0.25, 0.3) is 16.9 Å². The summed E-state index contributed by atoms with van der Waals surface area (Å²) in [4.78, 5) is 19.1. The van der Waals surface area contributed by atoms with Crippen molar-refractivity contribution in [3.63, 3.8) is 0 Å². The molecule has 4 aromatic rings. The van der Waals surface area contributed by atoms with Gasteiger partial charge in [0, 0.05) is 37.7 Å². The third-order valence-electron chi connectivity index (χ3n) is 4.51. The number of pyridine rings is 1. The maximum Gasteiger partial charge on any atom is 0.257 e. The SMILES string of the molecule is CN(Cc1ccccc1)C(=O)c1cn(-c2ccccc2)nc1-c1cccnc1. The van der Waals surface area contributed by atoms with Crippen molar-refractivity contribution in [3.05, 3.63) is 103 Å². The zero-order chi connectivity index (χ0) is 19.3. The molecule has 0 aliphatic rings. The van der Waals surface area contributed by atoms with Crippen LogP contribution < -0.4 is 0 Å². The summed E-state index contributed by atoms with van der Waals surface area (Å²) in [6.07, 6.45) is 5.23. The van der Waals surface area contributed by atoms with Crippen LogP contribution in [0.1, 0.15) is 15.9 Å². The Hall–Kier alpha value is -3.73. The van der Waals surface area contributed by atoms with E-state index in [-0.39, 0.29) is 5.91 Å². The fraction of sp³-hybridized carbons (Fsp3) is 0.0870. The molecule has 0 bridgehead atoms. The Labute approximate surface area is 163 Å². The normalized spacial score (nSPS) is 10.6. The molecule has 5 heteroatoms. The van der Waals surface area contributed by atoms with Gasteiger partial charge in [-0.05, 0) is 29.8 Å². The van der Waals surface area contributed by atoms with Gasteiger partial charge in [0.2, 0.25) is 0 Å². The van der Waals surface area contributed by atoms with E-state index in [0.29, 0.717) is 17.8 Å². The molecule has 4 rings (SSSR count). The van der Waals surface area contributed by atoms with Gasteiger partial charge in [0.05, 0.1) is 11.3 Å². The Morgan fingerprint density at radius 2 is 1.68 bits per heavy atom. The molecule has 0 N–H and O–H groups in total. The van der Waals surface area contributed by atoms with Gasteiger partial charge in [-0.3, -0.25) is 9.78 Å². The molecule has 0 radical (unpaired) electrons. The summed E-state index contributed by atoms with van der Waals surface area (Å²) in [5.41, 5.74) is 3.97. The summed E-state index contributed by atoms with van der Waals surface area (Å²) >= 11 is 0. The Kier molecular flexibility index (Phi) is 4.97. The predicted molar refractivity (Wildman–Crippen MR) is 109 cm³/mol. The second-order valence-corrected chi connectivity index (χ2v) is 6.56. The second kappa shape index (κ2) is 7.88. The van der Waals surface area contributed by atoms with Crippen LogP contribution in [-0.4, -0.2) is 32.6 Å². The summed E-state index contributed by atoms with van der Waals surface area (Å²) < 4.78 is 1.74. The molecule has 0 fully saturated rings. The molecule has 2 aromatic heterocycles. The molecule has 0 unspecified atom stereocenters. The molecular weight excluding hydrogens is 348 g/mol. The van der Waals surface area contributed by atoms with Crippen molar-refractivity contribution in [2.75, 3.05) is 7.05 Å². The van der Waals surface area contributed by atoms with Gasteiger partial charge in [-0.2, -0.15) is 5.10 Å². The van der Waals surface area contributed by atoms with E-state index in [1.54, 1.807) is 28.2 Å². The molecule has 0 aliphatic heterocycles. The van der Waals surface area contributed by atoms with Crippen molar-refractivity contribution in [2.45, 2.75) is 6.54 Å². The fourth-order valence-electron chi connectivity index (χ4n) is 3.09. The van der Waals surface area contributed by atoms with E-state index in [1.165, 1.54) is 0 Å². The first-order valence-electron chi connectivity index (χ1n) is 9.07. The minimum Gasteiger partial charge on any atom is -0.337 e. The molecule has 28 heavy (non-hydrogen) atoms. The van der Waals surface area contributed by atoms with Crippen LogP contribution >= 0.6 is 0 Å². The summed E-state index contributed by atoms with van der Waals surface area (Å²) in [6.45, 7) is 0.530. The maximum absolute atomic E-state index is 13.2. The predicted octanol–water partition coefficient (Wildman–Crippen LogP) is 4.21. The van der Waals surface area contributed by atoms with Crippen LogP contribution in [0.2, 0.25) is 0 Å². The number of amides is 1. The van der Waals surface area contributed by atoms with Crippen molar-refractivity contribution in [1.82, 2.24) is 19.7 Å². The summed E-state index contributed by atoms with van der Waals surface area (Å²) in [5.74, 6) is -0.0788. The van der Waals surface area contributed by atoms with E-state index in [0.717, 1.165) is 16.8 Å². The van der Waals surface area contributed by atoms with Gasteiger partial charge in [0.15, 0.2) is 0 Å². The minimum absolute atomic E-state index is 0.0788. The third-order valence-corrected chi connectivity index (χ3v) is 4.51. The van der Waals surface area contributed by atoms with Crippen molar-refractivity contribution < 1.29 is 4.79 Å². The van der Waals surface area contributed by atoms with E-state index in [9.17, 15) is 4.79 Å². The van der Waals surface area contributed by atoms with Crippen molar-refractivity contribution in [3.8, 4) is 16.9 Å². The van der Waals surface area contributed by atoms with E-state index >= 15 is 0 Å². The van der Waals surface area contributed by atoms with Crippen molar-refractivity contribution >= 4 is 5.91 Å². The lowest BCUT2D eigenvalue weighted by Gasteiger charge is -2.17. The highest BCUT2D eigenvalue weighted by atomic mass is 16.2. The molecule has 0 saturated carbocycles. The molecule has 138 valence electrons. The van der Waals surface area contributed by atoms with E-state index in [2.05, 4.69) is 4.98 Å². The first-order valence-corrected chi connectivity index (χ1v) is 9.07. The summed E-state index contributed by atoms with van der Waals surface area (Å²) in [5, 5.41) is 4.69. The number of nitrogens with zero attached hydrogens (tertiary/aromatic N) is 4. The quantitative estimate of drug-likeness (QED) is 0.530. The Morgan fingerprint density at radius 3 is 2.36 bits per heavy atom. The summed E-state index contributed by atoms with van der Waals surface area (Å²) in [7, 11) is 1.81. The molecule has 5 nitrogen and oxygen atoms in total. The molecule has 1 amide bonds. The molecule has 0 spiro atoms. The van der Waals surface area contributed by atoms with Crippen LogP contribution in [0.15, 0.2) is 91.4 Å². The fourth-order valence-corrected chi connectivity index (χ4v) is 3.09. The first kappa shape index (κ1) is 17.7. The van der Waals surface area contributed by atoms with Crippen LogP contribution in [0.5, 0.6) is 0 Å². The number of rotatable bonds is 5. The zero-order valence-corrected chi connectivity index (χ0v) is 15.6. The van der Waals surface area contributed by atoms with Gasteiger partial charge in [-0.15, -0.1) is 0 Å². The number of hydrogen-bond acceptors (Lipinski definition) is 3. The van der Waals surface area contributed by atoms with Gasteiger partial charge in [-0.25, -0.2) is 4.68 Å². The lowest BCUT2D eigenvalue weighted by atomic mass is 10.1. The number of benzene rings is 2. The molecule has 0 aliphatic carbocycles. The standard InChI is InChI=1S/C23H20N4O/c1-26(16-18-9-4-2-5-10-18)23(28)21-17-27(20-12-6-3-7-13-20)25-22(21)19-11-8-14-24-15-19/h2-15,17H,16H2,1H3. The topological polar surface area (TPSA) is 51.0 Å². The Balaban J connectivity index is 1.72. The highest BCUT2D eigenvalue weighted by molar-refractivity contribution is 5.99. The van der Waals surface area contributed by atoms with Crippen LogP contribution in [0.3, 0.4) is 0 Å². The number of hydrogen-bond donors (Lipinski definition) is 0. The maximum atomic E-state index is 13.2. The molecule has 2 heterocycles. The molecule has 2 aromatic carbocycles. The van der Waals surface area contributed by atoms with E-state index in [1.807, 2.05) is 79.8 Å². The van der Waals surface area contributed by atoms with Crippen LogP contribution in [0, 0.1) is 0 Å². The van der Waals surface area contributed by atoms with Gasteiger partial charge in [0.25, 0.3) is 5.91 Å². The number of para-hydroxylation sites is 1. The smallest absolute Gasteiger partial charge is 0.257 e. The Bertz CT molecular complexity index is 1060. The molecule has 0 atom stereocenters. The number of carbonyl (C=O) groups excluding carboxylic acids is 1. The number of carbonyl (C=O) groups is 1. The van der Waals surface area contributed by atoms with Gasteiger partial charge in [-0.1, -0.05) is 48.5 Å². The van der Waals surface area contributed by atoms with E-state index in [4.69, 9.17) is 5.10 Å². The van der Waals surface area contributed by atoms with E-state index < -0.39 is 0 Å². The van der Waals surface area contributed by atoms with Crippen molar-refractivity contribution in [2.24, 2.45) is 0 Å². The highest BCUT2D eigenvalue weighted by Crippen LogP contribution is 2.24. The van der Waals surface area contributed by atoms with Crippen LogP contribution in [-0.2, 0) is 6.54 Å². The van der Waals surface area contributed by atoms with Crippen molar-refractivity contribution in [1.29, 1.82) is 0 Å². The van der Waals surface area contributed by atoms with Gasteiger partial charge < -0.3 is 4.90 Å². The summed E-state index contributed by atoms with van der Waals surface area (Å²) in [6, 6.07) is 23.5. The first-order chi connectivity index (χ1) is 13.7. The highest BCUT2D eigenvalue weighted by Gasteiger charge is 2.21. The lowest BCUT2D eigenvalue weighted by molar-refractivity contribution is 0.0786. The second-order valence-electron chi connectivity index (χ2n) is 6.56. The van der Waals surface area contributed by atoms with Crippen LogP contribution in [0.4, 0.5) is 0 Å². The molecular formula is C23H20N4O. The average molecular weight is 368 g/mol. The Morgan fingerprint density at radius 1 is 0.964 bits per heavy atom. The van der Waals surface area contributed by atoms with Gasteiger partial charge >= 0.3 is 0 Å².